The number of H-pyrrole nitrogens is 1. The van der Waals surface area contributed by atoms with Crippen LogP contribution in [-0.4, -0.2) is 51.1 Å². The van der Waals surface area contributed by atoms with Gasteiger partial charge in [-0.2, -0.15) is 9.97 Å². The molecule has 0 unspecified atom stereocenters. The second-order valence-electron chi connectivity index (χ2n) is 8.33. The highest BCUT2D eigenvalue weighted by Crippen LogP contribution is 2.53. The van der Waals surface area contributed by atoms with Crippen molar-refractivity contribution in [2.24, 2.45) is 11.1 Å². The van der Waals surface area contributed by atoms with E-state index in [0.29, 0.717) is 22.9 Å². The van der Waals surface area contributed by atoms with Crippen LogP contribution in [0.3, 0.4) is 0 Å². The lowest BCUT2D eigenvalue weighted by Gasteiger charge is -2.19. The van der Waals surface area contributed by atoms with Gasteiger partial charge in [0.1, 0.15) is 23.6 Å². The van der Waals surface area contributed by atoms with Gasteiger partial charge < -0.3 is 25.7 Å². The van der Waals surface area contributed by atoms with Gasteiger partial charge in [-0.25, -0.2) is 14.4 Å². The molecule has 0 radical (unpaired) electrons. The lowest BCUT2D eigenvalue weighted by molar-refractivity contribution is 0.439. The van der Waals surface area contributed by atoms with Crippen molar-refractivity contribution in [3.63, 3.8) is 0 Å². The SMILES string of the molecule is CNc1cc(F)cc2c1[nH]c1nc(Oc3cncnc3)nc(N3CC[C@]4(C[C@@H]4N)C3)c12. The van der Waals surface area contributed by atoms with E-state index < -0.39 is 0 Å². The number of hydrogen-bond acceptors (Lipinski definition) is 8. The summed E-state index contributed by atoms with van der Waals surface area (Å²) in [6.07, 6.45) is 6.56. The fourth-order valence-corrected chi connectivity index (χ4v) is 4.66. The van der Waals surface area contributed by atoms with Gasteiger partial charge in [-0.05, 0) is 25.0 Å². The van der Waals surface area contributed by atoms with Crippen LogP contribution in [-0.2, 0) is 0 Å². The Hall–Kier alpha value is -3.53. The van der Waals surface area contributed by atoms with E-state index >= 15 is 0 Å². The molecule has 0 amide bonds. The molecular formula is C21H21FN8O. The van der Waals surface area contributed by atoms with Crippen molar-refractivity contribution in [3.05, 3.63) is 36.7 Å². The third-order valence-corrected chi connectivity index (χ3v) is 6.44. The number of aromatic amines is 1. The van der Waals surface area contributed by atoms with Gasteiger partial charge in [0.05, 0.1) is 29.0 Å². The number of aromatic nitrogens is 5. The summed E-state index contributed by atoms with van der Waals surface area (Å²) in [5.41, 5.74) is 8.37. The van der Waals surface area contributed by atoms with Gasteiger partial charge in [0.2, 0.25) is 0 Å². The topological polar surface area (TPSA) is 118 Å². The molecule has 1 saturated carbocycles. The first-order valence-electron chi connectivity index (χ1n) is 10.2. The molecule has 2 aliphatic rings. The maximum atomic E-state index is 14.4. The number of ether oxygens (including phenoxy) is 1. The molecule has 1 aliphatic carbocycles. The lowest BCUT2D eigenvalue weighted by Crippen LogP contribution is -2.24. The first kappa shape index (κ1) is 18.3. The van der Waals surface area contributed by atoms with E-state index in [1.807, 2.05) is 0 Å². The number of hydrogen-bond donors (Lipinski definition) is 3. The number of nitrogens with two attached hydrogens (primary N) is 1. The van der Waals surface area contributed by atoms with Gasteiger partial charge in [0, 0.05) is 37.0 Å². The summed E-state index contributed by atoms with van der Waals surface area (Å²) in [7, 11) is 1.76. The van der Waals surface area contributed by atoms with E-state index in [-0.39, 0.29) is 23.3 Å². The normalized spacial score (nSPS) is 22.5. The third kappa shape index (κ3) is 2.86. The largest absolute Gasteiger partial charge is 0.421 e. The molecule has 3 aromatic heterocycles. The zero-order valence-electron chi connectivity index (χ0n) is 16.9. The number of rotatable bonds is 4. The molecule has 4 aromatic rings. The van der Waals surface area contributed by atoms with E-state index in [1.165, 1.54) is 18.5 Å². The molecule has 1 saturated heterocycles. The molecule has 158 valence electrons. The van der Waals surface area contributed by atoms with Crippen LogP contribution in [0.5, 0.6) is 11.8 Å². The predicted octanol–water partition coefficient (Wildman–Crippen LogP) is 2.80. The van der Waals surface area contributed by atoms with Crippen molar-refractivity contribution < 1.29 is 9.13 Å². The van der Waals surface area contributed by atoms with E-state index in [4.69, 9.17) is 15.5 Å². The van der Waals surface area contributed by atoms with Crippen LogP contribution in [0.2, 0.25) is 0 Å². The predicted molar refractivity (Wildman–Crippen MR) is 115 cm³/mol. The molecule has 2 atom stereocenters. The molecule has 4 N–H and O–H groups in total. The van der Waals surface area contributed by atoms with Gasteiger partial charge in [0.15, 0.2) is 5.75 Å². The van der Waals surface area contributed by atoms with Gasteiger partial charge in [-0.15, -0.1) is 0 Å². The molecule has 1 aliphatic heterocycles. The molecule has 0 bridgehead atoms. The Morgan fingerprint density at radius 2 is 2.10 bits per heavy atom. The summed E-state index contributed by atoms with van der Waals surface area (Å²) < 4.78 is 20.2. The van der Waals surface area contributed by atoms with Crippen molar-refractivity contribution in [2.75, 3.05) is 30.4 Å². The molecule has 1 spiro atoms. The maximum absolute atomic E-state index is 14.4. The minimum absolute atomic E-state index is 0.152. The number of fused-ring (bicyclic) bond motifs is 3. The van der Waals surface area contributed by atoms with Gasteiger partial charge in [-0.3, -0.25) is 0 Å². The van der Waals surface area contributed by atoms with Crippen LogP contribution in [0.15, 0.2) is 30.9 Å². The van der Waals surface area contributed by atoms with Crippen LogP contribution in [0.25, 0.3) is 21.9 Å². The first-order chi connectivity index (χ1) is 15.1. The Bertz CT molecular complexity index is 1310. The van der Waals surface area contributed by atoms with Crippen molar-refractivity contribution in [1.82, 2.24) is 24.9 Å². The molecule has 1 aromatic carbocycles. The number of benzene rings is 1. The molecule has 2 fully saturated rings. The minimum Gasteiger partial charge on any atom is -0.421 e. The highest BCUT2D eigenvalue weighted by molar-refractivity contribution is 6.14. The number of halogens is 1. The van der Waals surface area contributed by atoms with Crippen molar-refractivity contribution >= 4 is 33.4 Å². The van der Waals surface area contributed by atoms with Gasteiger partial charge in [0.25, 0.3) is 0 Å². The van der Waals surface area contributed by atoms with Crippen molar-refractivity contribution in [2.45, 2.75) is 18.9 Å². The second-order valence-corrected chi connectivity index (χ2v) is 8.33. The monoisotopic (exact) mass is 420 g/mol. The first-order valence-corrected chi connectivity index (χ1v) is 10.2. The summed E-state index contributed by atoms with van der Waals surface area (Å²) in [5.74, 6) is 0.826. The highest BCUT2D eigenvalue weighted by Gasteiger charge is 2.55. The van der Waals surface area contributed by atoms with Gasteiger partial charge in [-0.1, -0.05) is 0 Å². The molecule has 10 heteroatoms. The van der Waals surface area contributed by atoms with Gasteiger partial charge >= 0.3 is 6.01 Å². The van der Waals surface area contributed by atoms with E-state index in [1.54, 1.807) is 19.4 Å². The Balaban J connectivity index is 1.55. The van der Waals surface area contributed by atoms with Crippen LogP contribution < -0.4 is 20.7 Å². The second kappa shape index (κ2) is 6.48. The average molecular weight is 420 g/mol. The third-order valence-electron chi connectivity index (χ3n) is 6.44. The summed E-state index contributed by atoms with van der Waals surface area (Å²) in [6, 6.07) is 3.37. The zero-order valence-corrected chi connectivity index (χ0v) is 16.9. The Morgan fingerprint density at radius 3 is 2.81 bits per heavy atom. The molecule has 31 heavy (non-hydrogen) atoms. The minimum atomic E-state index is -0.326. The highest BCUT2D eigenvalue weighted by atomic mass is 19.1. The van der Waals surface area contributed by atoms with E-state index in [0.717, 1.165) is 42.2 Å². The summed E-state index contributed by atoms with van der Waals surface area (Å²) in [5, 5.41) is 4.55. The fourth-order valence-electron chi connectivity index (χ4n) is 4.66. The Kier molecular flexibility index (Phi) is 3.82. The molecule has 6 rings (SSSR count). The van der Waals surface area contributed by atoms with Crippen LogP contribution in [0.4, 0.5) is 15.9 Å². The van der Waals surface area contributed by atoms with Crippen LogP contribution >= 0.6 is 0 Å². The number of nitrogens with zero attached hydrogens (tertiary/aromatic N) is 5. The lowest BCUT2D eigenvalue weighted by atomic mass is 10.1. The maximum Gasteiger partial charge on any atom is 0.326 e. The molecule has 4 heterocycles. The quantitative estimate of drug-likeness (QED) is 0.461. The van der Waals surface area contributed by atoms with E-state index in [9.17, 15) is 4.39 Å². The van der Waals surface area contributed by atoms with Crippen LogP contribution in [0.1, 0.15) is 12.8 Å². The summed E-state index contributed by atoms with van der Waals surface area (Å²) in [4.78, 5) is 22.8. The molecular weight excluding hydrogens is 399 g/mol. The smallest absolute Gasteiger partial charge is 0.326 e. The Labute approximate surface area is 176 Å². The zero-order chi connectivity index (χ0) is 21.2. The standard InChI is InChI=1S/C21H21FN8O/c1-24-14-5-11(22)4-13-16-18(27-17(13)14)28-20(31-12-7-25-10-26-8-12)29-19(16)30-3-2-21(9-30)6-15(21)23/h4-5,7-8,10,15,24H,2-3,6,9,23H2,1H3,(H,27,28,29)/t15-,21-/m0/s1. The number of anilines is 2. The summed E-state index contributed by atoms with van der Waals surface area (Å²) >= 11 is 0. The number of nitrogens with one attached hydrogen (secondary N) is 2. The fraction of sp³-hybridized carbons (Fsp3) is 0.333. The average Bonchev–Trinajstić information content (AvgIpc) is 3.08. The summed E-state index contributed by atoms with van der Waals surface area (Å²) in [6.45, 7) is 1.64. The van der Waals surface area contributed by atoms with Crippen LogP contribution in [0, 0.1) is 11.2 Å². The molecule has 9 nitrogen and oxygen atoms in total. The van der Waals surface area contributed by atoms with E-state index in [2.05, 4.69) is 30.2 Å². The van der Waals surface area contributed by atoms with Crippen molar-refractivity contribution in [3.8, 4) is 11.8 Å². The van der Waals surface area contributed by atoms with Crippen molar-refractivity contribution in [1.29, 1.82) is 0 Å². The Morgan fingerprint density at radius 1 is 1.29 bits per heavy atom.